The molecule has 0 aromatic heterocycles. The minimum Gasteiger partial charge on any atom is -0.490 e. The minimum absolute atomic E-state index is 0.0594. The molecule has 0 spiro atoms. The van der Waals surface area contributed by atoms with Crippen LogP contribution in [-0.4, -0.2) is 41.6 Å². The second-order valence-electron chi connectivity index (χ2n) is 7.80. The van der Waals surface area contributed by atoms with Crippen LogP contribution in [0.4, 0.5) is 4.39 Å². The second kappa shape index (κ2) is 9.61. The molecule has 7 heteroatoms. The summed E-state index contributed by atoms with van der Waals surface area (Å²) in [4.78, 5) is 25.2. The standard InChI is InChI=1S/C25H23FO5S/c26-18-6-8-19(9-7-18)30-12-13-31-23-20-4-2-1-3-17(20)5-10-21(23)22(27)15-25(24(28)29)11-14-32-16-25/h1-10H,11-16H2,(H,28,29). The Labute approximate surface area is 189 Å². The summed E-state index contributed by atoms with van der Waals surface area (Å²) in [7, 11) is 0. The van der Waals surface area contributed by atoms with Crippen LogP contribution in [0.25, 0.3) is 10.8 Å². The van der Waals surface area contributed by atoms with Crippen LogP contribution in [0.1, 0.15) is 23.2 Å². The van der Waals surface area contributed by atoms with E-state index in [4.69, 9.17) is 9.47 Å². The molecule has 1 unspecified atom stereocenters. The van der Waals surface area contributed by atoms with E-state index >= 15 is 0 Å². The topological polar surface area (TPSA) is 72.8 Å². The molecule has 32 heavy (non-hydrogen) atoms. The zero-order valence-corrected chi connectivity index (χ0v) is 18.2. The van der Waals surface area contributed by atoms with Gasteiger partial charge in [0.05, 0.1) is 11.0 Å². The van der Waals surface area contributed by atoms with E-state index in [0.29, 0.717) is 29.2 Å². The normalized spacial score (nSPS) is 17.9. The molecule has 5 nitrogen and oxygen atoms in total. The molecule has 166 valence electrons. The van der Waals surface area contributed by atoms with Crippen molar-refractivity contribution in [1.82, 2.24) is 0 Å². The van der Waals surface area contributed by atoms with Gasteiger partial charge in [-0.05, 0) is 47.9 Å². The van der Waals surface area contributed by atoms with E-state index in [-0.39, 0.29) is 31.2 Å². The van der Waals surface area contributed by atoms with Gasteiger partial charge < -0.3 is 14.6 Å². The lowest BCUT2D eigenvalue weighted by molar-refractivity contribution is -0.147. The zero-order chi connectivity index (χ0) is 22.6. The molecule has 1 saturated heterocycles. The van der Waals surface area contributed by atoms with E-state index in [1.54, 1.807) is 17.8 Å². The van der Waals surface area contributed by atoms with Crippen molar-refractivity contribution < 1.29 is 28.6 Å². The van der Waals surface area contributed by atoms with Crippen molar-refractivity contribution in [2.45, 2.75) is 12.8 Å². The molecule has 0 saturated carbocycles. The molecule has 0 bridgehead atoms. The van der Waals surface area contributed by atoms with Gasteiger partial charge >= 0.3 is 5.97 Å². The van der Waals surface area contributed by atoms with Crippen LogP contribution in [0.2, 0.25) is 0 Å². The molecule has 0 amide bonds. The van der Waals surface area contributed by atoms with Crippen molar-refractivity contribution in [2.75, 3.05) is 24.7 Å². The predicted octanol–water partition coefficient (Wildman–Crippen LogP) is 5.22. The number of halogens is 1. The van der Waals surface area contributed by atoms with Gasteiger partial charge in [-0.25, -0.2) is 4.39 Å². The van der Waals surface area contributed by atoms with Gasteiger partial charge in [-0.1, -0.05) is 30.3 Å². The Morgan fingerprint density at radius 3 is 2.47 bits per heavy atom. The summed E-state index contributed by atoms with van der Waals surface area (Å²) in [5.41, 5.74) is -0.654. The first-order chi connectivity index (χ1) is 15.5. The fraction of sp³-hybridized carbons (Fsp3) is 0.280. The molecule has 1 atom stereocenters. The Morgan fingerprint density at radius 1 is 1.00 bits per heavy atom. The van der Waals surface area contributed by atoms with Crippen LogP contribution >= 0.6 is 11.8 Å². The summed E-state index contributed by atoms with van der Waals surface area (Å²) in [5.74, 6) is 0.618. The van der Waals surface area contributed by atoms with Crippen molar-refractivity contribution in [3.8, 4) is 11.5 Å². The van der Waals surface area contributed by atoms with Crippen LogP contribution in [0.3, 0.4) is 0 Å². The Hall–Kier alpha value is -3.06. The number of carbonyl (C=O) groups is 2. The summed E-state index contributed by atoms with van der Waals surface area (Å²) >= 11 is 1.56. The van der Waals surface area contributed by atoms with Crippen LogP contribution in [0.5, 0.6) is 11.5 Å². The lowest BCUT2D eigenvalue weighted by Gasteiger charge is -2.23. The number of rotatable bonds is 9. The maximum atomic E-state index is 13.2. The first kappa shape index (κ1) is 22.1. The van der Waals surface area contributed by atoms with Gasteiger partial charge in [-0.3, -0.25) is 9.59 Å². The Morgan fingerprint density at radius 2 is 1.75 bits per heavy atom. The number of fused-ring (bicyclic) bond motifs is 1. The van der Waals surface area contributed by atoms with Gasteiger partial charge in [0.15, 0.2) is 5.78 Å². The number of thioether (sulfide) groups is 1. The summed E-state index contributed by atoms with van der Waals surface area (Å²) in [5, 5.41) is 11.5. The van der Waals surface area contributed by atoms with Crippen LogP contribution in [-0.2, 0) is 4.79 Å². The smallest absolute Gasteiger partial charge is 0.310 e. The van der Waals surface area contributed by atoms with Crippen molar-refractivity contribution in [1.29, 1.82) is 0 Å². The van der Waals surface area contributed by atoms with Gasteiger partial charge in [-0.2, -0.15) is 11.8 Å². The molecular weight excluding hydrogens is 431 g/mol. The maximum absolute atomic E-state index is 13.2. The lowest BCUT2D eigenvalue weighted by Crippen LogP contribution is -2.33. The Bertz CT molecular complexity index is 1120. The van der Waals surface area contributed by atoms with E-state index in [0.717, 1.165) is 16.5 Å². The van der Waals surface area contributed by atoms with Crippen LogP contribution in [0, 0.1) is 11.2 Å². The van der Waals surface area contributed by atoms with E-state index in [1.807, 2.05) is 30.3 Å². The molecular formula is C25H23FO5S. The molecule has 3 aromatic carbocycles. The Balaban J connectivity index is 1.54. The maximum Gasteiger partial charge on any atom is 0.310 e. The minimum atomic E-state index is -1.03. The molecule has 4 rings (SSSR count). The van der Waals surface area contributed by atoms with E-state index in [9.17, 15) is 19.1 Å². The Kier molecular flexibility index (Phi) is 6.65. The van der Waals surface area contributed by atoms with Gasteiger partial charge in [0.25, 0.3) is 0 Å². The number of ether oxygens (including phenoxy) is 2. The van der Waals surface area contributed by atoms with Crippen molar-refractivity contribution in [3.63, 3.8) is 0 Å². The van der Waals surface area contributed by atoms with Crippen LogP contribution in [0.15, 0.2) is 60.7 Å². The number of aliphatic carboxylic acids is 1. The zero-order valence-electron chi connectivity index (χ0n) is 17.4. The molecule has 0 radical (unpaired) electrons. The second-order valence-corrected chi connectivity index (χ2v) is 8.91. The number of carboxylic acids is 1. The van der Waals surface area contributed by atoms with Gasteiger partial charge in [0.2, 0.25) is 0 Å². The molecule has 1 aliphatic heterocycles. The quantitative estimate of drug-likeness (QED) is 0.353. The molecule has 1 N–H and O–H groups in total. The number of Topliss-reactive ketones (excluding diaryl/α,β-unsaturated/α-hetero) is 1. The molecule has 0 aliphatic carbocycles. The number of benzene rings is 3. The van der Waals surface area contributed by atoms with E-state index in [1.165, 1.54) is 24.3 Å². The predicted molar refractivity (Wildman–Crippen MR) is 122 cm³/mol. The molecule has 3 aromatic rings. The van der Waals surface area contributed by atoms with Crippen molar-refractivity contribution in [3.05, 3.63) is 72.0 Å². The van der Waals surface area contributed by atoms with E-state index in [2.05, 4.69) is 0 Å². The summed E-state index contributed by atoms with van der Waals surface area (Å²) in [6.07, 6.45) is 0.421. The van der Waals surface area contributed by atoms with Crippen molar-refractivity contribution in [2.24, 2.45) is 5.41 Å². The monoisotopic (exact) mass is 454 g/mol. The summed E-state index contributed by atoms with van der Waals surface area (Å²) < 4.78 is 24.6. The van der Waals surface area contributed by atoms with Crippen molar-refractivity contribution >= 4 is 34.3 Å². The average molecular weight is 455 g/mol. The molecule has 1 fully saturated rings. The largest absolute Gasteiger partial charge is 0.490 e. The highest BCUT2D eigenvalue weighted by Crippen LogP contribution is 2.41. The number of ketones is 1. The highest BCUT2D eigenvalue weighted by atomic mass is 32.2. The fourth-order valence-electron chi connectivity index (χ4n) is 3.85. The SMILES string of the molecule is O=C(CC1(C(=O)O)CCSC1)c1ccc2ccccc2c1OCCOc1ccc(F)cc1. The third-order valence-corrected chi connectivity index (χ3v) is 6.90. The third kappa shape index (κ3) is 4.72. The number of carboxylic acid groups (broad SMARTS) is 1. The average Bonchev–Trinajstić information content (AvgIpc) is 3.27. The highest BCUT2D eigenvalue weighted by Gasteiger charge is 2.44. The molecule has 1 heterocycles. The molecule has 1 aliphatic rings. The van der Waals surface area contributed by atoms with Gasteiger partial charge in [0, 0.05) is 17.6 Å². The fourth-order valence-corrected chi connectivity index (χ4v) is 5.29. The summed E-state index contributed by atoms with van der Waals surface area (Å²) in [6, 6.07) is 16.8. The van der Waals surface area contributed by atoms with E-state index < -0.39 is 11.4 Å². The summed E-state index contributed by atoms with van der Waals surface area (Å²) in [6.45, 7) is 0.379. The van der Waals surface area contributed by atoms with Gasteiger partial charge in [-0.15, -0.1) is 0 Å². The number of hydrogen-bond donors (Lipinski definition) is 1. The first-order valence-electron chi connectivity index (χ1n) is 10.4. The van der Waals surface area contributed by atoms with Crippen LogP contribution < -0.4 is 9.47 Å². The number of carbonyl (C=O) groups excluding carboxylic acids is 1. The lowest BCUT2D eigenvalue weighted by atomic mass is 9.81. The third-order valence-electron chi connectivity index (χ3n) is 5.65. The van der Waals surface area contributed by atoms with Gasteiger partial charge in [0.1, 0.15) is 30.5 Å². The highest BCUT2D eigenvalue weighted by molar-refractivity contribution is 7.99. The first-order valence-corrected chi connectivity index (χ1v) is 11.5. The number of hydrogen-bond acceptors (Lipinski definition) is 5.